The zero-order valence-electron chi connectivity index (χ0n) is 11.8. The van der Waals surface area contributed by atoms with E-state index in [1.54, 1.807) is 18.2 Å². The van der Waals surface area contributed by atoms with E-state index in [9.17, 15) is 9.90 Å². The van der Waals surface area contributed by atoms with Crippen LogP contribution in [0.15, 0.2) is 28.9 Å². The van der Waals surface area contributed by atoms with Crippen LogP contribution in [0, 0.1) is 0 Å². The molecule has 0 radical (unpaired) electrons. The Kier molecular flexibility index (Phi) is 3.94. The van der Waals surface area contributed by atoms with Crippen LogP contribution in [-0.4, -0.2) is 27.8 Å². The second kappa shape index (κ2) is 5.50. The van der Waals surface area contributed by atoms with Gasteiger partial charge in [0.25, 0.3) is 5.91 Å². The van der Waals surface area contributed by atoms with Gasteiger partial charge < -0.3 is 14.8 Å². The summed E-state index contributed by atoms with van der Waals surface area (Å²) in [6.45, 7) is 6.17. The Morgan fingerprint density at radius 2 is 2.30 bits per heavy atom. The number of furan rings is 1. The van der Waals surface area contributed by atoms with Crippen molar-refractivity contribution in [1.29, 1.82) is 0 Å². The van der Waals surface area contributed by atoms with Gasteiger partial charge in [-0.15, -0.1) is 0 Å². The van der Waals surface area contributed by atoms with Gasteiger partial charge >= 0.3 is 0 Å². The molecule has 0 aliphatic rings. The van der Waals surface area contributed by atoms with Crippen molar-refractivity contribution in [3.63, 3.8) is 0 Å². The second-order valence-corrected chi connectivity index (χ2v) is 5.66. The number of hydrogen-bond acceptors (Lipinski definition) is 4. The van der Waals surface area contributed by atoms with Crippen LogP contribution in [0.5, 0.6) is 0 Å². The predicted molar refractivity (Wildman–Crippen MR) is 73.3 cm³/mol. The highest BCUT2D eigenvalue weighted by atomic mass is 16.4. The Bertz CT molecular complexity index is 567. The third-order valence-corrected chi connectivity index (χ3v) is 2.95. The van der Waals surface area contributed by atoms with Gasteiger partial charge in [0.2, 0.25) is 0 Å². The van der Waals surface area contributed by atoms with Crippen molar-refractivity contribution >= 4 is 5.91 Å². The monoisotopic (exact) mass is 277 g/mol. The molecule has 6 heteroatoms. The highest BCUT2D eigenvalue weighted by Gasteiger charge is 2.20. The van der Waals surface area contributed by atoms with E-state index in [0.717, 1.165) is 5.69 Å². The predicted octanol–water partition coefficient (Wildman–Crippen LogP) is 1.76. The number of nitrogens with zero attached hydrogens (tertiary/aromatic N) is 1. The van der Waals surface area contributed by atoms with Crippen LogP contribution in [0.25, 0.3) is 0 Å². The molecule has 0 saturated carbocycles. The fourth-order valence-corrected chi connectivity index (χ4v) is 1.68. The van der Waals surface area contributed by atoms with Crippen LogP contribution in [0.1, 0.15) is 48.8 Å². The average Bonchev–Trinajstić information content (AvgIpc) is 3.04. The van der Waals surface area contributed by atoms with E-state index in [4.69, 9.17) is 4.42 Å². The number of aromatic amines is 1. The molecule has 1 atom stereocenters. The normalized spacial score (nSPS) is 13.2. The van der Waals surface area contributed by atoms with Gasteiger partial charge in [0.15, 0.2) is 0 Å². The lowest BCUT2D eigenvalue weighted by molar-refractivity contribution is 0.0896. The van der Waals surface area contributed by atoms with Crippen molar-refractivity contribution < 1.29 is 14.3 Å². The summed E-state index contributed by atoms with van der Waals surface area (Å²) >= 11 is 0. The highest BCUT2D eigenvalue weighted by molar-refractivity contribution is 5.92. The molecular formula is C14H19N3O3. The van der Waals surface area contributed by atoms with Gasteiger partial charge in [0.05, 0.1) is 12.8 Å². The van der Waals surface area contributed by atoms with Crippen LogP contribution in [0.3, 0.4) is 0 Å². The number of aliphatic hydroxyl groups is 1. The molecule has 0 aromatic carbocycles. The summed E-state index contributed by atoms with van der Waals surface area (Å²) < 4.78 is 5.06. The fraction of sp³-hybridized carbons (Fsp3) is 0.429. The molecule has 2 aromatic heterocycles. The topological polar surface area (TPSA) is 91.2 Å². The van der Waals surface area contributed by atoms with E-state index in [-0.39, 0.29) is 17.9 Å². The molecule has 108 valence electrons. The van der Waals surface area contributed by atoms with Crippen LogP contribution in [0.4, 0.5) is 0 Å². The Hall–Kier alpha value is -2.08. The number of rotatable bonds is 4. The number of carbonyl (C=O) groups is 1. The summed E-state index contributed by atoms with van der Waals surface area (Å²) in [6, 6.07) is 5.06. The van der Waals surface area contributed by atoms with Crippen LogP contribution >= 0.6 is 0 Å². The first-order valence-corrected chi connectivity index (χ1v) is 6.43. The molecule has 0 fully saturated rings. The van der Waals surface area contributed by atoms with Crippen LogP contribution in [-0.2, 0) is 5.41 Å². The molecule has 0 saturated heterocycles. The summed E-state index contributed by atoms with van der Waals surface area (Å²) in [6.07, 6.45) is 0.610. The largest absolute Gasteiger partial charge is 0.467 e. The number of H-pyrrole nitrogens is 1. The van der Waals surface area contributed by atoms with Crippen molar-refractivity contribution in [2.45, 2.75) is 32.3 Å². The van der Waals surface area contributed by atoms with E-state index in [0.29, 0.717) is 11.5 Å². The Balaban J connectivity index is 1.94. The maximum atomic E-state index is 11.9. The highest BCUT2D eigenvalue weighted by Crippen LogP contribution is 2.20. The molecule has 3 N–H and O–H groups in total. The summed E-state index contributed by atoms with van der Waals surface area (Å²) in [5.41, 5.74) is 1.09. The minimum atomic E-state index is -0.866. The van der Waals surface area contributed by atoms with Crippen molar-refractivity contribution in [2.24, 2.45) is 0 Å². The quantitative estimate of drug-likeness (QED) is 0.794. The molecule has 0 aliphatic carbocycles. The van der Waals surface area contributed by atoms with Gasteiger partial charge in [0, 0.05) is 11.1 Å². The lowest BCUT2D eigenvalue weighted by Gasteiger charge is -2.14. The number of aliphatic hydroxyl groups excluding tert-OH is 1. The first-order chi connectivity index (χ1) is 9.38. The third kappa shape index (κ3) is 3.27. The van der Waals surface area contributed by atoms with E-state index >= 15 is 0 Å². The third-order valence-electron chi connectivity index (χ3n) is 2.95. The Morgan fingerprint density at radius 1 is 1.55 bits per heavy atom. The summed E-state index contributed by atoms with van der Waals surface area (Å²) in [5.74, 6) is 0.0880. The van der Waals surface area contributed by atoms with Gasteiger partial charge in [-0.3, -0.25) is 9.89 Å². The van der Waals surface area contributed by atoms with Gasteiger partial charge in [-0.1, -0.05) is 20.8 Å². The smallest absolute Gasteiger partial charge is 0.271 e. The molecule has 0 spiro atoms. The summed E-state index contributed by atoms with van der Waals surface area (Å²) in [4.78, 5) is 11.9. The molecule has 0 bridgehead atoms. The first-order valence-electron chi connectivity index (χ1n) is 6.43. The van der Waals surface area contributed by atoms with Crippen molar-refractivity contribution in [2.75, 3.05) is 6.54 Å². The minimum absolute atomic E-state index is 0.0735. The molecule has 1 amide bonds. The van der Waals surface area contributed by atoms with Gasteiger partial charge in [0.1, 0.15) is 17.6 Å². The number of aromatic nitrogens is 2. The zero-order valence-corrected chi connectivity index (χ0v) is 11.8. The van der Waals surface area contributed by atoms with Crippen molar-refractivity contribution in [1.82, 2.24) is 15.5 Å². The number of hydrogen-bond donors (Lipinski definition) is 3. The maximum absolute atomic E-state index is 11.9. The van der Waals surface area contributed by atoms with E-state index in [2.05, 4.69) is 15.5 Å². The van der Waals surface area contributed by atoms with Gasteiger partial charge in [-0.25, -0.2) is 0 Å². The lowest BCUT2D eigenvalue weighted by Crippen LogP contribution is -2.28. The van der Waals surface area contributed by atoms with E-state index in [1.165, 1.54) is 6.26 Å². The maximum Gasteiger partial charge on any atom is 0.271 e. The van der Waals surface area contributed by atoms with Crippen LogP contribution in [0.2, 0.25) is 0 Å². The lowest BCUT2D eigenvalue weighted by atomic mass is 9.92. The SMILES string of the molecule is CC(C)(C)c1cc(C(=O)NCC(O)c2ccco2)n[nH]1. The van der Waals surface area contributed by atoms with E-state index in [1.807, 2.05) is 20.8 Å². The molecule has 6 nitrogen and oxygen atoms in total. The van der Waals surface area contributed by atoms with Crippen molar-refractivity contribution in [3.8, 4) is 0 Å². The average molecular weight is 277 g/mol. The second-order valence-electron chi connectivity index (χ2n) is 5.66. The van der Waals surface area contributed by atoms with Gasteiger partial charge in [-0.2, -0.15) is 5.10 Å². The molecule has 0 aliphatic heterocycles. The number of amides is 1. The molecular weight excluding hydrogens is 258 g/mol. The Labute approximate surface area is 117 Å². The standard InChI is InChI=1S/C14H19N3O3/c1-14(2,3)12-7-9(16-17-12)13(19)15-8-10(18)11-5-4-6-20-11/h4-7,10,18H,8H2,1-3H3,(H,15,19)(H,16,17). The van der Waals surface area contributed by atoms with E-state index < -0.39 is 6.10 Å². The molecule has 1 unspecified atom stereocenters. The molecule has 2 rings (SSSR count). The zero-order chi connectivity index (χ0) is 14.8. The molecule has 2 heterocycles. The summed E-state index contributed by atoms with van der Waals surface area (Å²) in [5, 5.41) is 19.3. The number of carbonyl (C=O) groups excluding carboxylic acids is 1. The molecule has 2 aromatic rings. The van der Waals surface area contributed by atoms with Crippen LogP contribution < -0.4 is 5.32 Å². The first kappa shape index (κ1) is 14.3. The fourth-order valence-electron chi connectivity index (χ4n) is 1.68. The number of nitrogens with one attached hydrogen (secondary N) is 2. The molecule has 20 heavy (non-hydrogen) atoms. The minimum Gasteiger partial charge on any atom is -0.467 e. The summed E-state index contributed by atoms with van der Waals surface area (Å²) in [7, 11) is 0. The Morgan fingerprint density at radius 3 is 2.85 bits per heavy atom. The van der Waals surface area contributed by atoms with Gasteiger partial charge in [-0.05, 0) is 18.2 Å². The van der Waals surface area contributed by atoms with Crippen molar-refractivity contribution in [3.05, 3.63) is 41.6 Å².